The van der Waals surface area contributed by atoms with Crippen molar-refractivity contribution < 1.29 is 5.11 Å². The third kappa shape index (κ3) is 4.25. The summed E-state index contributed by atoms with van der Waals surface area (Å²) in [7, 11) is 0. The first-order chi connectivity index (χ1) is 8.24. The molecule has 0 aliphatic rings. The van der Waals surface area contributed by atoms with E-state index in [9.17, 15) is 5.11 Å². The van der Waals surface area contributed by atoms with E-state index in [0.717, 1.165) is 27.6 Å². The maximum atomic E-state index is 9.64. The van der Waals surface area contributed by atoms with E-state index in [0.29, 0.717) is 5.92 Å². The summed E-state index contributed by atoms with van der Waals surface area (Å²) in [5, 5.41) is 13.1. The molecule has 4 heteroatoms. The van der Waals surface area contributed by atoms with Crippen LogP contribution in [-0.4, -0.2) is 11.7 Å². The molecule has 1 aromatic rings. The number of hydrogen-bond donors (Lipinski definition) is 2. The molecule has 0 aromatic heterocycles. The molecular formula is C14H21Br2NO. The number of halogens is 2. The molecule has 18 heavy (non-hydrogen) atoms. The molecule has 0 spiro atoms. The van der Waals surface area contributed by atoms with Gasteiger partial charge in [0, 0.05) is 13.1 Å². The van der Waals surface area contributed by atoms with Crippen molar-refractivity contribution in [2.24, 2.45) is 11.3 Å². The number of benzene rings is 1. The molecule has 0 fully saturated rings. The van der Waals surface area contributed by atoms with Crippen LogP contribution >= 0.6 is 31.9 Å². The summed E-state index contributed by atoms with van der Waals surface area (Å²) in [6.07, 6.45) is 0. The van der Waals surface area contributed by atoms with Crippen molar-refractivity contribution in [3.63, 3.8) is 0 Å². The molecule has 0 saturated carbocycles. The summed E-state index contributed by atoms with van der Waals surface area (Å²) >= 11 is 6.69. The molecule has 0 unspecified atom stereocenters. The van der Waals surface area contributed by atoms with Gasteiger partial charge in [0.05, 0.1) is 8.95 Å². The molecule has 1 rings (SSSR count). The van der Waals surface area contributed by atoms with Gasteiger partial charge in [-0.3, -0.25) is 0 Å². The van der Waals surface area contributed by atoms with Crippen LogP contribution in [0.2, 0.25) is 0 Å². The summed E-state index contributed by atoms with van der Waals surface area (Å²) in [4.78, 5) is 0. The Kier molecular flexibility index (Phi) is 5.68. The number of phenolic OH excluding ortho intramolecular Hbond substituents is 1. The highest BCUT2D eigenvalue weighted by atomic mass is 79.9. The van der Waals surface area contributed by atoms with Crippen molar-refractivity contribution in [2.75, 3.05) is 6.54 Å². The summed E-state index contributed by atoms with van der Waals surface area (Å²) in [5.41, 5.74) is 1.43. The van der Waals surface area contributed by atoms with E-state index < -0.39 is 0 Å². The highest BCUT2D eigenvalue weighted by Gasteiger charge is 2.21. The molecule has 0 radical (unpaired) electrons. The summed E-state index contributed by atoms with van der Waals surface area (Å²) in [6, 6.07) is 3.88. The first-order valence-electron chi connectivity index (χ1n) is 6.11. The van der Waals surface area contributed by atoms with E-state index in [1.165, 1.54) is 0 Å². The van der Waals surface area contributed by atoms with Gasteiger partial charge >= 0.3 is 0 Å². The smallest absolute Gasteiger partial charge is 0.143 e. The second-order valence-corrected chi connectivity index (χ2v) is 7.36. The van der Waals surface area contributed by atoms with E-state index in [-0.39, 0.29) is 11.2 Å². The minimum absolute atomic E-state index is 0.251. The summed E-state index contributed by atoms with van der Waals surface area (Å²) < 4.78 is 1.44. The van der Waals surface area contributed by atoms with Gasteiger partial charge in [0.1, 0.15) is 5.75 Å². The molecule has 2 nitrogen and oxygen atoms in total. The molecule has 102 valence electrons. The van der Waals surface area contributed by atoms with E-state index in [4.69, 9.17) is 0 Å². The topological polar surface area (TPSA) is 32.3 Å². The molecule has 0 bridgehead atoms. The van der Waals surface area contributed by atoms with Gasteiger partial charge in [-0.2, -0.15) is 0 Å². The minimum Gasteiger partial charge on any atom is -0.506 e. The van der Waals surface area contributed by atoms with Crippen LogP contribution in [-0.2, 0) is 6.54 Å². The third-order valence-corrected chi connectivity index (χ3v) is 4.76. The van der Waals surface area contributed by atoms with Gasteiger partial charge in [-0.25, -0.2) is 0 Å². The maximum Gasteiger partial charge on any atom is 0.143 e. The number of phenols is 1. The lowest BCUT2D eigenvalue weighted by atomic mass is 9.81. The zero-order valence-electron chi connectivity index (χ0n) is 11.3. The van der Waals surface area contributed by atoms with Gasteiger partial charge in [0.15, 0.2) is 0 Å². The van der Waals surface area contributed by atoms with E-state index in [2.05, 4.69) is 64.9 Å². The second kappa shape index (κ2) is 6.40. The first kappa shape index (κ1) is 16.0. The zero-order chi connectivity index (χ0) is 13.9. The SMILES string of the molecule is CC(C)C(C)(C)CNCc1cc(Br)c(O)c(Br)c1. The molecule has 0 aliphatic carbocycles. The van der Waals surface area contributed by atoms with Crippen molar-refractivity contribution in [1.82, 2.24) is 5.32 Å². The fourth-order valence-electron chi connectivity index (χ4n) is 1.45. The lowest BCUT2D eigenvalue weighted by molar-refractivity contribution is 0.238. The number of hydrogen-bond acceptors (Lipinski definition) is 2. The van der Waals surface area contributed by atoms with Crippen LogP contribution in [0, 0.1) is 11.3 Å². The van der Waals surface area contributed by atoms with Gasteiger partial charge in [-0.05, 0) is 60.9 Å². The molecule has 2 N–H and O–H groups in total. The summed E-state index contributed by atoms with van der Waals surface area (Å²) in [5.74, 6) is 0.893. The highest BCUT2D eigenvalue weighted by Crippen LogP contribution is 2.33. The van der Waals surface area contributed by atoms with Crippen molar-refractivity contribution in [2.45, 2.75) is 34.2 Å². The number of rotatable bonds is 5. The van der Waals surface area contributed by atoms with Crippen LogP contribution in [0.5, 0.6) is 5.75 Å². The molecule has 0 heterocycles. The average molecular weight is 379 g/mol. The fourth-order valence-corrected chi connectivity index (χ4v) is 2.73. The van der Waals surface area contributed by atoms with Crippen molar-refractivity contribution in [1.29, 1.82) is 0 Å². The van der Waals surface area contributed by atoms with E-state index in [1.807, 2.05) is 12.1 Å². The lowest BCUT2D eigenvalue weighted by Crippen LogP contribution is -2.33. The number of aromatic hydroxyl groups is 1. The predicted octanol–water partition coefficient (Wildman–Crippen LogP) is 4.69. The molecule has 0 saturated heterocycles. The Balaban J connectivity index is 2.60. The largest absolute Gasteiger partial charge is 0.506 e. The molecular weight excluding hydrogens is 358 g/mol. The molecule has 0 amide bonds. The van der Waals surface area contributed by atoms with Gasteiger partial charge < -0.3 is 10.4 Å². The second-order valence-electron chi connectivity index (χ2n) is 5.65. The quantitative estimate of drug-likeness (QED) is 0.778. The fraction of sp³-hybridized carbons (Fsp3) is 0.571. The number of nitrogens with one attached hydrogen (secondary N) is 1. The van der Waals surface area contributed by atoms with Crippen LogP contribution in [0.1, 0.15) is 33.3 Å². The Morgan fingerprint density at radius 2 is 1.72 bits per heavy atom. The monoisotopic (exact) mass is 377 g/mol. The predicted molar refractivity (Wildman–Crippen MR) is 83.8 cm³/mol. The van der Waals surface area contributed by atoms with E-state index in [1.54, 1.807) is 0 Å². The molecule has 1 aromatic carbocycles. The molecule has 0 aliphatic heterocycles. The van der Waals surface area contributed by atoms with Crippen molar-refractivity contribution in [3.8, 4) is 5.75 Å². The summed E-state index contributed by atoms with van der Waals surface area (Å²) in [6.45, 7) is 10.8. The van der Waals surface area contributed by atoms with Crippen LogP contribution in [0.25, 0.3) is 0 Å². The normalized spacial score (nSPS) is 12.2. The zero-order valence-corrected chi connectivity index (χ0v) is 14.5. The van der Waals surface area contributed by atoms with Gasteiger partial charge in [-0.1, -0.05) is 27.7 Å². The lowest BCUT2D eigenvalue weighted by Gasteiger charge is -2.29. The van der Waals surface area contributed by atoms with Crippen LogP contribution in [0.3, 0.4) is 0 Å². The van der Waals surface area contributed by atoms with Crippen LogP contribution < -0.4 is 5.32 Å². The Hall–Kier alpha value is -0.0600. The Labute approximate surface area is 126 Å². The van der Waals surface area contributed by atoms with Gasteiger partial charge in [0.2, 0.25) is 0 Å². The molecule has 0 atom stereocenters. The van der Waals surface area contributed by atoms with E-state index >= 15 is 0 Å². The Morgan fingerprint density at radius 3 is 2.17 bits per heavy atom. The van der Waals surface area contributed by atoms with Gasteiger partial charge in [-0.15, -0.1) is 0 Å². The van der Waals surface area contributed by atoms with Crippen molar-refractivity contribution >= 4 is 31.9 Å². The average Bonchev–Trinajstić information content (AvgIpc) is 2.25. The Bertz CT molecular complexity index is 393. The first-order valence-corrected chi connectivity index (χ1v) is 7.70. The Morgan fingerprint density at radius 1 is 1.22 bits per heavy atom. The minimum atomic E-state index is 0.251. The van der Waals surface area contributed by atoms with Crippen molar-refractivity contribution in [3.05, 3.63) is 26.6 Å². The van der Waals surface area contributed by atoms with Crippen LogP contribution in [0.4, 0.5) is 0 Å². The standard InChI is InChI=1S/C14H21Br2NO/c1-9(2)14(3,4)8-17-7-10-5-11(15)13(18)12(16)6-10/h5-6,9,17-18H,7-8H2,1-4H3. The highest BCUT2D eigenvalue weighted by molar-refractivity contribution is 9.11. The maximum absolute atomic E-state index is 9.64. The van der Waals surface area contributed by atoms with Gasteiger partial charge in [0.25, 0.3) is 0 Å². The van der Waals surface area contributed by atoms with Crippen LogP contribution in [0.15, 0.2) is 21.1 Å². The third-order valence-electron chi connectivity index (χ3n) is 3.55.